The molecule has 2 rings (SSSR count). The van der Waals surface area contributed by atoms with Gasteiger partial charge in [0.1, 0.15) is 6.33 Å². The highest BCUT2D eigenvalue weighted by molar-refractivity contribution is 5.77. The van der Waals surface area contributed by atoms with Crippen LogP contribution in [0.1, 0.15) is 0 Å². The third-order valence-corrected chi connectivity index (χ3v) is 1.36. The van der Waals surface area contributed by atoms with E-state index in [9.17, 15) is 5.21 Å². The molecule has 0 unspecified atom stereocenters. The first-order valence-corrected chi connectivity index (χ1v) is 3.01. The van der Waals surface area contributed by atoms with Gasteiger partial charge >= 0.3 is 0 Å². The van der Waals surface area contributed by atoms with Crippen molar-refractivity contribution in [3.8, 4) is 0 Å². The molecule has 0 amide bonds. The van der Waals surface area contributed by atoms with Gasteiger partial charge in [0.15, 0.2) is 11.2 Å². The normalized spacial score (nSPS) is 10.6. The quantitative estimate of drug-likeness (QED) is 0.513. The lowest BCUT2D eigenvalue weighted by Gasteiger charge is -1.98. The number of aromatic amines is 1. The maximum Gasteiger partial charge on any atom is 0.253 e. The molecule has 11 heavy (non-hydrogen) atoms. The minimum absolute atomic E-state index is 0.340. The van der Waals surface area contributed by atoms with Crippen LogP contribution in [0.4, 0.5) is 5.82 Å². The Hall–Kier alpha value is -1.53. The van der Waals surface area contributed by atoms with Crippen LogP contribution in [0, 0.1) is 5.21 Å². The van der Waals surface area contributed by atoms with Crippen LogP contribution in [-0.4, -0.2) is 19.9 Å². The number of aromatic nitrogens is 4. The molecule has 0 aliphatic rings. The summed E-state index contributed by atoms with van der Waals surface area (Å²) in [5.41, 5.74) is 1.77. The second-order valence-electron chi connectivity index (χ2n) is 1.98. The summed E-state index contributed by atoms with van der Waals surface area (Å²) in [5, 5.41) is 10.4. The molecule has 0 fully saturated rings. The first-order valence-electron chi connectivity index (χ1n) is 3.01. The van der Waals surface area contributed by atoms with Crippen molar-refractivity contribution in [3.63, 3.8) is 0 Å². The van der Waals surface area contributed by atoms with Gasteiger partial charge in [-0.05, 0) is 0 Å². The summed E-state index contributed by atoms with van der Waals surface area (Å²) in [7, 11) is 0. The standard InChI is InChI=1S/C5H5N5O/c11-10-5-3-4(7-1-6-3)8-2-9-5/h1-2H,10H2,(H,6,7,8,9). The number of nitrogens with zero attached hydrogens (tertiary/aromatic N) is 3. The molecular weight excluding hydrogens is 146 g/mol. The highest BCUT2D eigenvalue weighted by Crippen LogP contribution is 2.08. The number of nitrogens with two attached hydrogens (primary N) is 1. The summed E-state index contributed by atoms with van der Waals surface area (Å²) >= 11 is 0. The average molecular weight is 151 g/mol. The average Bonchev–Trinajstić information content (AvgIpc) is 2.50. The van der Waals surface area contributed by atoms with Crippen LogP contribution in [0.2, 0.25) is 0 Å². The maximum absolute atomic E-state index is 10.4. The van der Waals surface area contributed by atoms with E-state index in [-0.39, 0.29) is 0 Å². The van der Waals surface area contributed by atoms with E-state index in [4.69, 9.17) is 0 Å². The summed E-state index contributed by atoms with van der Waals surface area (Å²) in [5.74, 6) is 0.340. The Labute approximate surface area is 61.3 Å². The predicted octanol–water partition coefficient (Wildman–Crippen LogP) is -0.954. The van der Waals surface area contributed by atoms with Gasteiger partial charge in [-0.1, -0.05) is 0 Å². The third kappa shape index (κ3) is 0.846. The second-order valence-corrected chi connectivity index (χ2v) is 1.98. The molecule has 56 valence electrons. The zero-order chi connectivity index (χ0) is 7.68. The molecule has 2 heterocycles. The van der Waals surface area contributed by atoms with E-state index in [1.807, 2.05) is 0 Å². The van der Waals surface area contributed by atoms with Crippen LogP contribution < -0.4 is 5.48 Å². The smallest absolute Gasteiger partial charge is 0.253 e. The van der Waals surface area contributed by atoms with E-state index in [0.717, 1.165) is 0 Å². The molecule has 0 aliphatic heterocycles. The number of fused-ring (bicyclic) bond motifs is 1. The van der Waals surface area contributed by atoms with Crippen LogP contribution in [0.25, 0.3) is 11.2 Å². The van der Waals surface area contributed by atoms with Crippen molar-refractivity contribution < 1.29 is 5.48 Å². The van der Waals surface area contributed by atoms with E-state index in [1.165, 1.54) is 12.7 Å². The van der Waals surface area contributed by atoms with Gasteiger partial charge in [0.2, 0.25) is 0 Å². The monoisotopic (exact) mass is 151 g/mol. The number of quaternary nitrogens is 1. The van der Waals surface area contributed by atoms with Gasteiger partial charge in [-0.2, -0.15) is 4.98 Å². The van der Waals surface area contributed by atoms with Crippen molar-refractivity contribution in [1.29, 1.82) is 0 Å². The summed E-state index contributed by atoms with van der Waals surface area (Å²) < 4.78 is 0. The zero-order valence-electron chi connectivity index (χ0n) is 5.48. The van der Waals surface area contributed by atoms with Crippen molar-refractivity contribution in [3.05, 3.63) is 17.9 Å². The Kier molecular flexibility index (Phi) is 1.27. The number of rotatable bonds is 1. The van der Waals surface area contributed by atoms with E-state index >= 15 is 0 Å². The molecule has 0 aliphatic carbocycles. The molecule has 2 aromatic heterocycles. The molecule has 0 atom stereocenters. The van der Waals surface area contributed by atoms with Crippen molar-refractivity contribution in [2.75, 3.05) is 0 Å². The van der Waals surface area contributed by atoms with Gasteiger partial charge in [0.25, 0.3) is 5.82 Å². The Balaban J connectivity index is 2.79. The topological polar surface area (TPSA) is 94.1 Å². The Bertz CT molecular complexity index is 370. The minimum atomic E-state index is 0.340. The van der Waals surface area contributed by atoms with Crippen LogP contribution in [0.15, 0.2) is 12.7 Å². The largest absolute Gasteiger partial charge is 0.629 e. The molecule has 6 heteroatoms. The predicted molar refractivity (Wildman–Crippen MR) is 36.6 cm³/mol. The lowest BCUT2D eigenvalue weighted by molar-refractivity contribution is -0.499. The number of H-pyrrole nitrogens is 1. The van der Waals surface area contributed by atoms with Gasteiger partial charge in [-0.15, -0.1) is 0 Å². The fourth-order valence-electron chi connectivity index (χ4n) is 0.873. The fourth-order valence-corrected chi connectivity index (χ4v) is 0.873. The molecule has 0 bridgehead atoms. The molecule has 2 aromatic rings. The molecule has 6 nitrogen and oxygen atoms in total. The van der Waals surface area contributed by atoms with Crippen LogP contribution in [0.5, 0.6) is 0 Å². The Morgan fingerprint density at radius 2 is 2.27 bits per heavy atom. The van der Waals surface area contributed by atoms with Crippen LogP contribution >= 0.6 is 0 Å². The van der Waals surface area contributed by atoms with Crippen molar-refractivity contribution in [2.45, 2.75) is 0 Å². The van der Waals surface area contributed by atoms with Gasteiger partial charge in [0, 0.05) is 0 Å². The lowest BCUT2D eigenvalue weighted by atomic mass is 10.5. The third-order valence-electron chi connectivity index (χ3n) is 1.36. The Morgan fingerprint density at radius 1 is 1.36 bits per heavy atom. The Morgan fingerprint density at radius 3 is 3.09 bits per heavy atom. The number of hydrogen-bond acceptors (Lipinski definition) is 4. The molecule has 0 aromatic carbocycles. The SMILES string of the molecule is [O-][NH2+]c1ncnc2nc[nH]c12. The number of hydrogen-bond donors (Lipinski definition) is 2. The summed E-state index contributed by atoms with van der Waals surface area (Å²) in [4.78, 5) is 14.2. The lowest BCUT2D eigenvalue weighted by Crippen LogP contribution is -2.70. The van der Waals surface area contributed by atoms with E-state index < -0.39 is 0 Å². The van der Waals surface area contributed by atoms with E-state index in [2.05, 4.69) is 19.9 Å². The molecule has 0 radical (unpaired) electrons. The van der Waals surface area contributed by atoms with Crippen LogP contribution in [0.3, 0.4) is 0 Å². The van der Waals surface area contributed by atoms with Crippen molar-refractivity contribution in [1.82, 2.24) is 19.9 Å². The number of nitrogens with one attached hydrogen (secondary N) is 1. The first-order chi connectivity index (χ1) is 5.42. The highest BCUT2D eigenvalue weighted by Gasteiger charge is 2.04. The minimum Gasteiger partial charge on any atom is -0.629 e. The van der Waals surface area contributed by atoms with Crippen molar-refractivity contribution >= 4 is 17.0 Å². The van der Waals surface area contributed by atoms with Crippen molar-refractivity contribution in [2.24, 2.45) is 0 Å². The summed E-state index contributed by atoms with van der Waals surface area (Å²) in [6, 6.07) is 0. The molecule has 3 N–H and O–H groups in total. The van der Waals surface area contributed by atoms with Gasteiger partial charge in [-0.3, -0.25) is 0 Å². The first kappa shape index (κ1) is 6.20. The van der Waals surface area contributed by atoms with Gasteiger partial charge in [-0.25, -0.2) is 9.97 Å². The zero-order valence-corrected chi connectivity index (χ0v) is 5.48. The highest BCUT2D eigenvalue weighted by atomic mass is 16.5. The van der Waals surface area contributed by atoms with Gasteiger partial charge in [0.05, 0.1) is 6.33 Å². The maximum atomic E-state index is 10.4. The molecule has 0 saturated heterocycles. The summed E-state index contributed by atoms with van der Waals surface area (Å²) in [6.07, 6.45) is 2.79. The fraction of sp³-hybridized carbons (Fsp3) is 0. The summed E-state index contributed by atoms with van der Waals surface area (Å²) in [6.45, 7) is 0. The molecule has 0 spiro atoms. The number of imidazole rings is 1. The van der Waals surface area contributed by atoms with E-state index in [1.54, 1.807) is 0 Å². The van der Waals surface area contributed by atoms with Crippen LogP contribution in [-0.2, 0) is 0 Å². The second kappa shape index (κ2) is 2.26. The van der Waals surface area contributed by atoms with Gasteiger partial charge < -0.3 is 15.7 Å². The molecule has 0 saturated carbocycles. The van der Waals surface area contributed by atoms with E-state index in [0.29, 0.717) is 22.5 Å². The molecular formula is C5H5N5O.